The molecule has 0 saturated carbocycles. The Balaban J connectivity index is 0. The fourth-order valence-electron chi connectivity index (χ4n) is 1.83. The summed E-state index contributed by atoms with van der Waals surface area (Å²) < 4.78 is 0. The standard InChI is InChI=1S/C14H30N4.HI/c1-6-9-10-12-17(5)14(15-4)16-11-13-18(7-2)8-3;/h6H,1,7-13H2,2-5H3,(H,15,16);1H. The molecule has 0 aromatic rings. The Morgan fingerprint density at radius 2 is 1.89 bits per heavy atom. The van der Waals surface area contributed by atoms with Crippen LogP contribution in [-0.2, 0) is 0 Å². The van der Waals surface area contributed by atoms with Crippen molar-refractivity contribution in [2.75, 3.05) is 46.8 Å². The monoisotopic (exact) mass is 382 g/mol. The second kappa shape index (κ2) is 14.1. The van der Waals surface area contributed by atoms with E-state index in [-0.39, 0.29) is 24.0 Å². The average molecular weight is 382 g/mol. The van der Waals surface area contributed by atoms with E-state index in [1.54, 1.807) is 0 Å². The summed E-state index contributed by atoms with van der Waals surface area (Å²) in [5.74, 6) is 0.978. The zero-order valence-corrected chi connectivity index (χ0v) is 15.3. The predicted octanol–water partition coefficient (Wildman–Crippen LogP) is 2.42. The summed E-state index contributed by atoms with van der Waals surface area (Å²) in [5, 5.41) is 3.40. The van der Waals surface area contributed by atoms with Gasteiger partial charge >= 0.3 is 0 Å². The number of nitrogens with zero attached hydrogens (tertiary/aromatic N) is 3. The van der Waals surface area contributed by atoms with Crippen molar-refractivity contribution in [3.05, 3.63) is 12.7 Å². The Kier molecular flexibility index (Phi) is 15.6. The minimum atomic E-state index is 0. The molecule has 0 saturated heterocycles. The molecule has 0 amide bonds. The zero-order valence-electron chi connectivity index (χ0n) is 13.0. The molecule has 114 valence electrons. The summed E-state index contributed by atoms with van der Waals surface area (Å²) in [6.07, 6.45) is 4.14. The van der Waals surface area contributed by atoms with E-state index in [1.165, 1.54) is 0 Å². The number of nitrogens with one attached hydrogen (secondary N) is 1. The van der Waals surface area contributed by atoms with E-state index >= 15 is 0 Å². The molecule has 0 fully saturated rings. The van der Waals surface area contributed by atoms with Gasteiger partial charge in [-0.1, -0.05) is 19.9 Å². The van der Waals surface area contributed by atoms with Gasteiger partial charge in [-0.25, -0.2) is 0 Å². The van der Waals surface area contributed by atoms with Crippen LogP contribution in [0, 0.1) is 0 Å². The number of unbranched alkanes of at least 4 members (excludes halogenated alkanes) is 1. The topological polar surface area (TPSA) is 30.9 Å². The number of likely N-dealkylation sites (N-methyl/N-ethyl adjacent to an activating group) is 1. The molecule has 0 atom stereocenters. The van der Waals surface area contributed by atoms with Crippen LogP contribution in [-0.4, -0.2) is 62.6 Å². The number of allylic oxidation sites excluding steroid dienone is 1. The highest BCUT2D eigenvalue weighted by Gasteiger charge is 2.05. The molecule has 0 heterocycles. The van der Waals surface area contributed by atoms with Crippen LogP contribution in [0.5, 0.6) is 0 Å². The Bertz CT molecular complexity index is 240. The van der Waals surface area contributed by atoms with E-state index < -0.39 is 0 Å². The molecular formula is C14H31IN4. The van der Waals surface area contributed by atoms with Gasteiger partial charge in [0.25, 0.3) is 0 Å². The van der Waals surface area contributed by atoms with E-state index in [4.69, 9.17) is 0 Å². The summed E-state index contributed by atoms with van der Waals surface area (Å²) >= 11 is 0. The Morgan fingerprint density at radius 1 is 1.26 bits per heavy atom. The van der Waals surface area contributed by atoms with E-state index in [0.717, 1.165) is 51.5 Å². The summed E-state index contributed by atoms with van der Waals surface area (Å²) in [5.41, 5.74) is 0. The zero-order chi connectivity index (χ0) is 13.8. The largest absolute Gasteiger partial charge is 0.355 e. The minimum absolute atomic E-state index is 0. The number of rotatable bonds is 9. The fourth-order valence-corrected chi connectivity index (χ4v) is 1.83. The maximum absolute atomic E-state index is 4.30. The third kappa shape index (κ3) is 10.2. The van der Waals surface area contributed by atoms with Crippen LogP contribution in [0.3, 0.4) is 0 Å². The van der Waals surface area contributed by atoms with Crippen molar-refractivity contribution in [3.8, 4) is 0 Å². The molecule has 0 spiro atoms. The average Bonchev–Trinajstić information content (AvgIpc) is 2.39. The molecule has 4 nitrogen and oxygen atoms in total. The van der Waals surface area contributed by atoms with Crippen molar-refractivity contribution in [2.24, 2.45) is 4.99 Å². The van der Waals surface area contributed by atoms with Crippen LogP contribution in [0.25, 0.3) is 0 Å². The van der Waals surface area contributed by atoms with Gasteiger partial charge in [-0.15, -0.1) is 30.6 Å². The third-order valence-corrected chi connectivity index (χ3v) is 3.08. The molecular weight excluding hydrogens is 351 g/mol. The lowest BCUT2D eigenvalue weighted by atomic mass is 10.3. The van der Waals surface area contributed by atoms with Crippen molar-refractivity contribution in [1.29, 1.82) is 0 Å². The third-order valence-electron chi connectivity index (χ3n) is 3.08. The van der Waals surface area contributed by atoms with Crippen molar-refractivity contribution in [3.63, 3.8) is 0 Å². The van der Waals surface area contributed by atoms with Crippen LogP contribution in [0.1, 0.15) is 26.7 Å². The van der Waals surface area contributed by atoms with E-state index in [0.29, 0.717) is 0 Å². The number of hydrogen-bond donors (Lipinski definition) is 1. The molecule has 5 heteroatoms. The smallest absolute Gasteiger partial charge is 0.193 e. The Hall–Kier alpha value is -0.300. The summed E-state index contributed by atoms with van der Waals surface area (Å²) in [6, 6.07) is 0. The van der Waals surface area contributed by atoms with Gasteiger partial charge in [0.05, 0.1) is 0 Å². The van der Waals surface area contributed by atoms with Crippen LogP contribution in [0.15, 0.2) is 17.6 Å². The first-order valence-corrected chi connectivity index (χ1v) is 6.94. The lowest BCUT2D eigenvalue weighted by Crippen LogP contribution is -2.42. The van der Waals surface area contributed by atoms with Gasteiger partial charge in [0, 0.05) is 33.7 Å². The first-order valence-electron chi connectivity index (χ1n) is 6.94. The molecule has 0 unspecified atom stereocenters. The molecule has 0 aliphatic heterocycles. The molecule has 0 aromatic heterocycles. The van der Waals surface area contributed by atoms with Crippen molar-refractivity contribution in [2.45, 2.75) is 26.7 Å². The molecule has 0 aliphatic carbocycles. The molecule has 19 heavy (non-hydrogen) atoms. The summed E-state index contributed by atoms with van der Waals surface area (Å²) in [4.78, 5) is 8.88. The molecule has 0 aromatic carbocycles. The normalized spacial score (nSPS) is 11.1. The SMILES string of the molecule is C=CCCCN(C)C(=NC)NCCN(CC)CC.I. The quantitative estimate of drug-likeness (QED) is 0.219. The van der Waals surface area contributed by atoms with Gasteiger partial charge in [-0.3, -0.25) is 4.99 Å². The lowest BCUT2D eigenvalue weighted by molar-refractivity contribution is 0.306. The van der Waals surface area contributed by atoms with Crippen LogP contribution < -0.4 is 5.32 Å². The van der Waals surface area contributed by atoms with Crippen molar-refractivity contribution < 1.29 is 0 Å². The molecule has 0 rings (SSSR count). The number of aliphatic imine (C=N–C) groups is 1. The lowest BCUT2D eigenvalue weighted by Gasteiger charge is -2.24. The van der Waals surface area contributed by atoms with E-state index in [1.807, 2.05) is 13.1 Å². The van der Waals surface area contributed by atoms with E-state index in [2.05, 4.69) is 47.6 Å². The Labute approximate surface area is 136 Å². The van der Waals surface area contributed by atoms with E-state index in [9.17, 15) is 0 Å². The van der Waals surface area contributed by atoms with Crippen LogP contribution in [0.4, 0.5) is 0 Å². The van der Waals surface area contributed by atoms with Gasteiger partial charge in [-0.05, 0) is 25.9 Å². The number of guanidine groups is 1. The van der Waals surface area contributed by atoms with Gasteiger partial charge in [0.2, 0.25) is 0 Å². The van der Waals surface area contributed by atoms with Gasteiger partial charge < -0.3 is 15.1 Å². The van der Waals surface area contributed by atoms with Gasteiger partial charge in [0.1, 0.15) is 0 Å². The second-order valence-electron chi connectivity index (χ2n) is 4.35. The summed E-state index contributed by atoms with van der Waals surface area (Å²) in [6.45, 7) is 13.4. The first-order chi connectivity index (χ1) is 8.69. The molecule has 0 bridgehead atoms. The van der Waals surface area contributed by atoms with Crippen LogP contribution in [0.2, 0.25) is 0 Å². The summed E-state index contributed by atoms with van der Waals surface area (Å²) in [7, 11) is 3.92. The Morgan fingerprint density at radius 3 is 2.37 bits per heavy atom. The number of halogens is 1. The molecule has 0 radical (unpaired) electrons. The maximum Gasteiger partial charge on any atom is 0.193 e. The van der Waals surface area contributed by atoms with Crippen molar-refractivity contribution >= 4 is 29.9 Å². The maximum atomic E-state index is 4.30. The van der Waals surface area contributed by atoms with Gasteiger partial charge in [0.15, 0.2) is 5.96 Å². The van der Waals surface area contributed by atoms with Gasteiger partial charge in [-0.2, -0.15) is 0 Å². The molecule has 1 N–H and O–H groups in total. The fraction of sp³-hybridized carbons (Fsp3) is 0.786. The highest BCUT2D eigenvalue weighted by Crippen LogP contribution is 1.94. The minimum Gasteiger partial charge on any atom is -0.355 e. The predicted molar refractivity (Wildman–Crippen MR) is 96.6 cm³/mol. The number of hydrogen-bond acceptors (Lipinski definition) is 2. The molecule has 0 aliphatic rings. The van der Waals surface area contributed by atoms with Crippen LogP contribution >= 0.6 is 24.0 Å². The second-order valence-corrected chi connectivity index (χ2v) is 4.35. The highest BCUT2D eigenvalue weighted by molar-refractivity contribution is 14.0. The van der Waals surface area contributed by atoms with Crippen molar-refractivity contribution in [1.82, 2.24) is 15.1 Å². The highest BCUT2D eigenvalue weighted by atomic mass is 127. The first kappa shape index (κ1) is 21.0.